The van der Waals surface area contributed by atoms with Crippen LogP contribution in [0.3, 0.4) is 0 Å². The van der Waals surface area contributed by atoms with Gasteiger partial charge in [0, 0.05) is 25.5 Å². The van der Waals surface area contributed by atoms with E-state index < -0.39 is 0 Å². The summed E-state index contributed by atoms with van der Waals surface area (Å²) in [5.74, 6) is 0.627. The highest BCUT2D eigenvalue weighted by molar-refractivity contribution is 5.74. The largest absolute Gasteiger partial charge is 0.342 e. The number of anilines is 1. The minimum atomic E-state index is -0.229. The average molecular weight is 341 g/mol. The maximum Gasteiger partial charge on any atom is 0.263 e. The van der Waals surface area contributed by atoms with Crippen molar-refractivity contribution in [1.29, 1.82) is 0 Å². The lowest BCUT2D eigenvalue weighted by atomic mass is 10.1. The molecule has 1 aliphatic rings. The quantitative estimate of drug-likeness (QED) is 0.770. The minimum Gasteiger partial charge on any atom is -0.342 e. The number of rotatable bonds is 2. The van der Waals surface area contributed by atoms with Crippen molar-refractivity contribution in [2.24, 2.45) is 0 Å². The van der Waals surface area contributed by atoms with Gasteiger partial charge < -0.3 is 4.90 Å². The maximum absolute atomic E-state index is 12.4. The number of nitrogens with zero attached hydrogens (tertiary/aromatic N) is 6. The summed E-state index contributed by atoms with van der Waals surface area (Å²) in [6.45, 7) is 7.83. The molecule has 132 valence electrons. The molecule has 0 aromatic carbocycles. The summed E-state index contributed by atoms with van der Waals surface area (Å²) >= 11 is 0. The highest BCUT2D eigenvalue weighted by Crippen LogP contribution is 2.25. The highest BCUT2D eigenvalue weighted by atomic mass is 16.1. The molecule has 3 aromatic heterocycles. The van der Waals surface area contributed by atoms with Crippen LogP contribution in [0.1, 0.15) is 39.7 Å². The van der Waals surface area contributed by atoms with Gasteiger partial charge in [0.15, 0.2) is 5.65 Å². The predicted octanol–water partition coefficient (Wildman–Crippen LogP) is 1.91. The summed E-state index contributed by atoms with van der Waals surface area (Å²) in [5, 5.41) is 9.23. The Morgan fingerprint density at radius 2 is 1.96 bits per heavy atom. The lowest BCUT2D eigenvalue weighted by Gasteiger charge is -2.32. The van der Waals surface area contributed by atoms with Gasteiger partial charge >= 0.3 is 0 Å². The number of hydrogen-bond acceptors (Lipinski definition) is 5. The van der Waals surface area contributed by atoms with E-state index in [2.05, 4.69) is 40.9 Å². The molecule has 1 saturated heterocycles. The zero-order valence-corrected chi connectivity index (χ0v) is 14.8. The Hall–Kier alpha value is -2.64. The summed E-state index contributed by atoms with van der Waals surface area (Å²) in [6, 6.07) is 2.36. The molecule has 1 fully saturated rings. The normalized spacial score (nSPS) is 16.7. The Balaban J connectivity index is 1.63. The fraction of sp³-hybridized carbons (Fsp3) is 0.529. The number of aromatic nitrogens is 6. The second kappa shape index (κ2) is 5.72. The Morgan fingerprint density at radius 1 is 1.20 bits per heavy atom. The topological polar surface area (TPSA) is 84.6 Å². The molecule has 1 aliphatic heterocycles. The van der Waals surface area contributed by atoms with Crippen molar-refractivity contribution in [3.63, 3.8) is 0 Å². The van der Waals surface area contributed by atoms with Crippen LogP contribution in [0.2, 0.25) is 0 Å². The van der Waals surface area contributed by atoms with Gasteiger partial charge in [-0.15, -0.1) is 0 Å². The zero-order valence-electron chi connectivity index (χ0n) is 14.8. The molecule has 8 heteroatoms. The molecule has 0 spiro atoms. The van der Waals surface area contributed by atoms with Crippen molar-refractivity contribution in [2.75, 3.05) is 18.0 Å². The van der Waals surface area contributed by atoms with Crippen LogP contribution in [0.5, 0.6) is 0 Å². The van der Waals surface area contributed by atoms with Crippen LogP contribution in [-0.2, 0) is 5.54 Å². The molecule has 0 saturated carbocycles. The van der Waals surface area contributed by atoms with Gasteiger partial charge in [0.1, 0.15) is 5.39 Å². The number of aromatic amines is 1. The Morgan fingerprint density at radius 3 is 2.60 bits per heavy atom. The number of hydrogen-bond donors (Lipinski definition) is 1. The Kier molecular flexibility index (Phi) is 3.63. The number of fused-ring (bicyclic) bond motifs is 1. The molecule has 0 radical (unpaired) electrons. The summed E-state index contributed by atoms with van der Waals surface area (Å²) in [6.07, 6.45) is 7.37. The van der Waals surface area contributed by atoms with E-state index in [-0.39, 0.29) is 11.1 Å². The zero-order chi connectivity index (χ0) is 17.6. The lowest BCUT2D eigenvalue weighted by molar-refractivity contribution is 0.361. The molecule has 0 amide bonds. The van der Waals surface area contributed by atoms with Gasteiger partial charge in [-0.25, -0.2) is 4.68 Å². The summed E-state index contributed by atoms with van der Waals surface area (Å²) in [7, 11) is 0. The molecule has 0 unspecified atom stereocenters. The van der Waals surface area contributed by atoms with Crippen molar-refractivity contribution in [2.45, 2.75) is 45.2 Å². The highest BCUT2D eigenvalue weighted by Gasteiger charge is 2.24. The fourth-order valence-electron chi connectivity index (χ4n) is 3.39. The van der Waals surface area contributed by atoms with Gasteiger partial charge in [0.25, 0.3) is 5.56 Å². The number of nitrogens with one attached hydrogen (secondary N) is 1. The van der Waals surface area contributed by atoms with Crippen LogP contribution < -0.4 is 10.5 Å². The van der Waals surface area contributed by atoms with Crippen LogP contribution >= 0.6 is 0 Å². The molecule has 0 atom stereocenters. The van der Waals surface area contributed by atoms with Gasteiger partial charge in [-0.3, -0.25) is 14.5 Å². The van der Waals surface area contributed by atoms with Crippen LogP contribution in [-0.4, -0.2) is 42.6 Å². The fourth-order valence-corrected chi connectivity index (χ4v) is 3.39. The summed E-state index contributed by atoms with van der Waals surface area (Å²) < 4.78 is 3.84. The molecule has 3 aromatic rings. The smallest absolute Gasteiger partial charge is 0.263 e. The first-order valence-corrected chi connectivity index (χ1v) is 8.66. The van der Waals surface area contributed by atoms with E-state index in [1.54, 1.807) is 6.20 Å². The van der Waals surface area contributed by atoms with Crippen LogP contribution in [0.25, 0.3) is 11.0 Å². The molecule has 0 aliphatic carbocycles. The monoisotopic (exact) mass is 341 g/mol. The van der Waals surface area contributed by atoms with Crippen molar-refractivity contribution >= 4 is 17.0 Å². The first kappa shape index (κ1) is 15.9. The lowest BCUT2D eigenvalue weighted by Crippen LogP contribution is -2.37. The van der Waals surface area contributed by atoms with Gasteiger partial charge in [-0.05, 0) is 39.7 Å². The van der Waals surface area contributed by atoms with E-state index in [4.69, 9.17) is 4.98 Å². The standard InChI is InChI=1S/C17H23N7O/c1-17(2,3)24-14-13(11-19-24)15(25)21-16(20-14)22-9-5-12(6-10-22)23-8-4-7-18-23/h4,7-8,11-12H,5-6,9-10H2,1-3H3,(H,20,21,25). The van der Waals surface area contributed by atoms with Gasteiger partial charge in [0.2, 0.25) is 5.95 Å². The second-order valence-electron chi connectivity index (χ2n) is 7.56. The van der Waals surface area contributed by atoms with Crippen LogP contribution in [0, 0.1) is 0 Å². The van der Waals surface area contributed by atoms with Gasteiger partial charge in [0.05, 0.1) is 17.8 Å². The maximum atomic E-state index is 12.4. The van der Waals surface area contributed by atoms with Gasteiger partial charge in [-0.1, -0.05) is 0 Å². The molecular formula is C17H23N7O. The Labute approximate surface area is 145 Å². The third kappa shape index (κ3) is 2.81. The first-order valence-electron chi connectivity index (χ1n) is 8.66. The molecule has 0 bridgehead atoms. The van der Waals surface area contributed by atoms with Crippen LogP contribution in [0.4, 0.5) is 5.95 Å². The van der Waals surface area contributed by atoms with E-state index in [0.29, 0.717) is 23.0 Å². The molecule has 4 heterocycles. The van der Waals surface area contributed by atoms with E-state index in [0.717, 1.165) is 25.9 Å². The minimum absolute atomic E-state index is 0.135. The average Bonchev–Trinajstić information content (AvgIpc) is 3.24. The van der Waals surface area contributed by atoms with E-state index >= 15 is 0 Å². The predicted molar refractivity (Wildman–Crippen MR) is 95.9 cm³/mol. The third-order valence-electron chi connectivity index (χ3n) is 4.72. The second-order valence-corrected chi connectivity index (χ2v) is 7.56. The summed E-state index contributed by atoms with van der Waals surface area (Å²) in [5.41, 5.74) is 0.276. The molecule has 1 N–H and O–H groups in total. The van der Waals surface area contributed by atoms with E-state index in [9.17, 15) is 4.79 Å². The van der Waals surface area contributed by atoms with E-state index in [1.807, 2.05) is 27.8 Å². The van der Waals surface area contributed by atoms with Crippen molar-refractivity contribution < 1.29 is 0 Å². The SMILES string of the molecule is CC(C)(C)n1ncc2c(=O)[nH]c(N3CCC(n4cccn4)CC3)nc21. The van der Waals surface area contributed by atoms with Crippen molar-refractivity contribution in [3.05, 3.63) is 35.0 Å². The summed E-state index contributed by atoms with van der Waals surface area (Å²) in [4.78, 5) is 22.2. The number of piperidine rings is 1. The van der Waals surface area contributed by atoms with Crippen LogP contribution in [0.15, 0.2) is 29.5 Å². The molecule has 25 heavy (non-hydrogen) atoms. The first-order chi connectivity index (χ1) is 11.9. The van der Waals surface area contributed by atoms with Crippen molar-refractivity contribution in [3.8, 4) is 0 Å². The molecule has 4 rings (SSSR count). The molecule has 8 nitrogen and oxygen atoms in total. The number of H-pyrrole nitrogens is 1. The third-order valence-corrected chi connectivity index (χ3v) is 4.72. The van der Waals surface area contributed by atoms with E-state index in [1.165, 1.54) is 0 Å². The Bertz CT molecular complexity index is 924. The van der Waals surface area contributed by atoms with Gasteiger partial charge in [-0.2, -0.15) is 15.2 Å². The van der Waals surface area contributed by atoms with Crippen molar-refractivity contribution in [1.82, 2.24) is 29.5 Å². The molecular weight excluding hydrogens is 318 g/mol.